The molecule has 0 fully saturated rings. The van der Waals surface area contributed by atoms with Gasteiger partial charge in [0, 0.05) is 62.0 Å². The minimum atomic E-state index is -0.0513. The van der Waals surface area contributed by atoms with Crippen LogP contribution in [0.1, 0.15) is 16.7 Å². The maximum absolute atomic E-state index is 6.67. The lowest BCUT2D eigenvalue weighted by Crippen LogP contribution is -2.56. The summed E-state index contributed by atoms with van der Waals surface area (Å²) < 4.78 is 9.25. The molecule has 4 nitrogen and oxygen atoms in total. The van der Waals surface area contributed by atoms with Crippen LogP contribution >= 0.6 is 0 Å². The second-order valence-corrected chi connectivity index (χ2v) is 13.7. The van der Waals surface area contributed by atoms with Gasteiger partial charge in [-0.3, -0.25) is 4.98 Å². The molecule has 0 atom stereocenters. The lowest BCUT2D eigenvalue weighted by atomic mass is 9.45. The lowest BCUT2D eigenvalue weighted by molar-refractivity contribution is 0.669. The summed E-state index contributed by atoms with van der Waals surface area (Å²) in [6.07, 6.45) is 2.00. The van der Waals surface area contributed by atoms with Crippen LogP contribution in [0.3, 0.4) is 0 Å². The zero-order valence-corrected chi connectivity index (χ0v) is 27.5. The van der Waals surface area contributed by atoms with E-state index in [1.807, 2.05) is 6.20 Å². The minimum Gasteiger partial charge on any atom is -0.456 e. The summed E-state index contributed by atoms with van der Waals surface area (Å²) in [7, 11) is 0. The van der Waals surface area contributed by atoms with Crippen LogP contribution < -0.4 is 15.8 Å². The average molecular weight is 628 g/mol. The molecule has 0 saturated carbocycles. The van der Waals surface area contributed by atoms with Crippen molar-refractivity contribution in [2.75, 3.05) is 4.90 Å². The molecule has 0 radical (unpaired) electrons. The van der Waals surface area contributed by atoms with E-state index in [2.05, 4.69) is 151 Å². The third-order valence-corrected chi connectivity index (χ3v) is 10.9. The zero-order chi connectivity index (χ0) is 32.5. The summed E-state index contributed by atoms with van der Waals surface area (Å²) >= 11 is 0. The molecule has 230 valence electrons. The summed E-state index contributed by atoms with van der Waals surface area (Å²) in [4.78, 5) is 7.65. The van der Waals surface area contributed by atoms with Gasteiger partial charge in [0.1, 0.15) is 11.2 Å². The van der Waals surface area contributed by atoms with E-state index in [9.17, 15) is 0 Å². The largest absolute Gasteiger partial charge is 0.456 e. The number of hydrogen-bond donors (Lipinski definition) is 0. The molecule has 11 rings (SSSR count). The molecule has 0 amide bonds. The fraction of sp³-hybridized carbons (Fsp3) is 0.0682. The second kappa shape index (κ2) is 9.52. The summed E-state index contributed by atoms with van der Waals surface area (Å²) in [5.74, 6) is 0. The molecule has 0 aliphatic carbocycles. The normalized spacial score (nSPS) is 13.1. The number of benzene rings is 6. The number of aromatic nitrogens is 2. The summed E-state index contributed by atoms with van der Waals surface area (Å²) in [5.41, 5.74) is 18.8. The van der Waals surface area contributed by atoms with Gasteiger partial charge in [-0.05, 0) is 96.4 Å². The Morgan fingerprint density at radius 2 is 1.41 bits per heavy atom. The molecule has 0 bridgehead atoms. The third kappa shape index (κ3) is 3.46. The van der Waals surface area contributed by atoms with Gasteiger partial charge in [0.2, 0.25) is 0 Å². The number of anilines is 3. The van der Waals surface area contributed by atoms with E-state index in [4.69, 9.17) is 9.40 Å². The van der Waals surface area contributed by atoms with E-state index >= 15 is 0 Å². The van der Waals surface area contributed by atoms with Crippen molar-refractivity contribution >= 4 is 78.6 Å². The van der Waals surface area contributed by atoms with Gasteiger partial charge < -0.3 is 13.8 Å². The van der Waals surface area contributed by atoms with Crippen molar-refractivity contribution in [2.24, 2.45) is 0 Å². The quantitative estimate of drug-likeness (QED) is 0.179. The number of rotatable bonds is 2. The fourth-order valence-corrected chi connectivity index (χ4v) is 9.17. The van der Waals surface area contributed by atoms with Crippen molar-refractivity contribution in [1.29, 1.82) is 0 Å². The van der Waals surface area contributed by atoms with Gasteiger partial charge in [-0.15, -0.1) is 0 Å². The molecule has 49 heavy (non-hydrogen) atoms. The highest BCUT2D eigenvalue weighted by molar-refractivity contribution is 6.90. The van der Waals surface area contributed by atoms with Gasteiger partial charge in [0.25, 0.3) is 0 Å². The van der Waals surface area contributed by atoms with Gasteiger partial charge in [-0.1, -0.05) is 78.4 Å². The van der Waals surface area contributed by atoms with Crippen molar-refractivity contribution in [3.63, 3.8) is 0 Å². The van der Waals surface area contributed by atoms with Gasteiger partial charge in [-0.25, -0.2) is 0 Å². The Balaban J connectivity index is 1.32. The molecule has 0 N–H and O–H groups in total. The fourth-order valence-electron chi connectivity index (χ4n) is 9.17. The van der Waals surface area contributed by atoms with Crippen LogP contribution in [-0.2, 0) is 0 Å². The minimum absolute atomic E-state index is 0.0513. The van der Waals surface area contributed by atoms with Crippen molar-refractivity contribution in [1.82, 2.24) is 9.46 Å². The van der Waals surface area contributed by atoms with E-state index in [1.54, 1.807) is 0 Å². The highest BCUT2D eigenvalue weighted by Crippen LogP contribution is 2.49. The Morgan fingerprint density at radius 3 is 2.27 bits per heavy atom. The molecule has 3 aromatic heterocycles. The Hall–Kier alpha value is -6.07. The lowest BCUT2D eigenvalue weighted by Gasteiger charge is -2.40. The second-order valence-electron chi connectivity index (χ2n) is 13.7. The van der Waals surface area contributed by atoms with Crippen LogP contribution in [0.2, 0.25) is 0 Å². The first-order valence-corrected chi connectivity index (χ1v) is 17.0. The Labute approximate surface area is 284 Å². The van der Waals surface area contributed by atoms with Crippen molar-refractivity contribution in [3.8, 4) is 22.4 Å². The van der Waals surface area contributed by atoms with Crippen LogP contribution in [0, 0.1) is 20.8 Å². The molecule has 0 spiro atoms. The van der Waals surface area contributed by atoms with Crippen LogP contribution in [-0.4, -0.2) is 16.3 Å². The standard InChI is InChI=1S/C44H30BN3O/c1-25-21-26(2)39(27(3)22-25)28-17-18-34-32(23-28)30-19-20-46-43-41-40-31-13-7-10-16-37(31)49-38(40)24-36-42(41)45(48(34)44(30)43)33-14-8-9-15-35(33)47(36)29-11-5-4-6-12-29/h4-24H,1-3H3. The van der Waals surface area contributed by atoms with Crippen molar-refractivity contribution in [3.05, 3.63) is 144 Å². The van der Waals surface area contributed by atoms with E-state index in [0.717, 1.165) is 39.0 Å². The van der Waals surface area contributed by atoms with E-state index in [0.29, 0.717) is 0 Å². The van der Waals surface area contributed by atoms with Crippen molar-refractivity contribution in [2.45, 2.75) is 20.8 Å². The van der Waals surface area contributed by atoms with E-state index in [1.165, 1.54) is 71.8 Å². The maximum Gasteiger partial charge on any atom is 0.333 e. The number of fused-ring (bicyclic) bond motifs is 11. The van der Waals surface area contributed by atoms with Crippen LogP contribution in [0.5, 0.6) is 0 Å². The predicted molar refractivity (Wildman–Crippen MR) is 205 cm³/mol. The first-order chi connectivity index (χ1) is 24.1. The summed E-state index contributed by atoms with van der Waals surface area (Å²) in [6, 6.07) is 44.2. The monoisotopic (exact) mass is 627 g/mol. The molecule has 5 heteroatoms. The van der Waals surface area contributed by atoms with Gasteiger partial charge in [0.15, 0.2) is 0 Å². The van der Waals surface area contributed by atoms with Gasteiger partial charge >= 0.3 is 6.85 Å². The number of aryl methyl sites for hydroxylation is 3. The molecular weight excluding hydrogens is 597 g/mol. The zero-order valence-electron chi connectivity index (χ0n) is 27.5. The summed E-state index contributed by atoms with van der Waals surface area (Å²) in [5, 5.41) is 4.73. The smallest absolute Gasteiger partial charge is 0.333 e. The SMILES string of the molecule is Cc1cc(C)c(-c2ccc3c(c2)c2ccnc4c2n3B2c3ccccc3N(c3ccccc3)c3cc5oc6ccccc6c5c-4c32)c(C)c1. The molecule has 6 aromatic carbocycles. The number of nitrogens with zero attached hydrogens (tertiary/aromatic N) is 3. The Kier molecular flexibility index (Phi) is 5.23. The average Bonchev–Trinajstić information content (AvgIpc) is 3.65. The third-order valence-electron chi connectivity index (χ3n) is 10.9. The Bertz CT molecular complexity index is 2860. The molecule has 2 aliphatic rings. The highest BCUT2D eigenvalue weighted by atomic mass is 16.3. The topological polar surface area (TPSA) is 34.2 Å². The Morgan fingerprint density at radius 1 is 0.633 bits per heavy atom. The molecule has 2 aliphatic heterocycles. The van der Waals surface area contributed by atoms with Crippen molar-refractivity contribution < 1.29 is 4.42 Å². The van der Waals surface area contributed by atoms with Crippen LogP contribution in [0.4, 0.5) is 17.1 Å². The van der Waals surface area contributed by atoms with E-state index in [-0.39, 0.29) is 6.85 Å². The number of para-hydroxylation sites is 3. The maximum atomic E-state index is 6.67. The molecule has 0 unspecified atom stereocenters. The number of furan rings is 1. The predicted octanol–water partition coefficient (Wildman–Crippen LogP) is 10.1. The summed E-state index contributed by atoms with van der Waals surface area (Å²) in [6.45, 7) is 6.59. The molecule has 5 heterocycles. The molecule has 9 aromatic rings. The van der Waals surface area contributed by atoms with Gasteiger partial charge in [0.05, 0.1) is 11.2 Å². The number of pyridine rings is 1. The van der Waals surface area contributed by atoms with E-state index < -0.39 is 0 Å². The van der Waals surface area contributed by atoms with Gasteiger partial charge in [-0.2, -0.15) is 0 Å². The molecule has 0 saturated heterocycles. The first kappa shape index (κ1) is 26.9. The molecular formula is C44H30BN3O. The highest BCUT2D eigenvalue weighted by Gasteiger charge is 2.44. The first-order valence-electron chi connectivity index (χ1n) is 17.0. The van der Waals surface area contributed by atoms with Crippen LogP contribution in [0.15, 0.2) is 132 Å². The number of hydrogen-bond acceptors (Lipinski definition) is 3. The van der Waals surface area contributed by atoms with Crippen LogP contribution in [0.25, 0.3) is 66.1 Å².